The van der Waals surface area contributed by atoms with Crippen molar-refractivity contribution in [2.45, 2.75) is 18.2 Å². The van der Waals surface area contributed by atoms with Crippen LogP contribution in [-0.4, -0.2) is 5.75 Å². The predicted molar refractivity (Wildman–Crippen MR) is 82.7 cm³/mol. The van der Waals surface area contributed by atoms with E-state index in [0.717, 1.165) is 15.7 Å². The lowest BCUT2D eigenvalue weighted by Gasteiger charge is -2.12. The first-order valence-corrected chi connectivity index (χ1v) is 8.90. The summed E-state index contributed by atoms with van der Waals surface area (Å²) in [5, 5.41) is 2.80. The van der Waals surface area contributed by atoms with Crippen molar-refractivity contribution in [3.8, 4) is 0 Å². The van der Waals surface area contributed by atoms with Crippen molar-refractivity contribution in [3.63, 3.8) is 0 Å². The summed E-state index contributed by atoms with van der Waals surface area (Å²) in [6, 6.07) is 4.24. The largest absolute Gasteiger partial charge is 0.271 e. The molecule has 0 radical (unpaired) electrons. The van der Waals surface area contributed by atoms with Crippen LogP contribution < -0.4 is 11.3 Å². The molecule has 0 saturated heterocycles. The number of thioether (sulfide) groups is 1. The number of nitrogens with one attached hydrogen (secondary N) is 1. The molecule has 3 rings (SSSR count). The van der Waals surface area contributed by atoms with Gasteiger partial charge >= 0.3 is 0 Å². The molecule has 1 unspecified atom stereocenters. The molecule has 0 spiro atoms. The average Bonchev–Trinajstić information content (AvgIpc) is 2.97. The molecule has 0 bridgehead atoms. The zero-order chi connectivity index (χ0) is 12.5. The molecule has 3 heterocycles. The molecule has 0 aliphatic carbocycles. The number of nitrogens with two attached hydrogens (primary N) is 1. The second-order valence-electron chi connectivity index (χ2n) is 4.13. The molecule has 1 aliphatic heterocycles. The summed E-state index contributed by atoms with van der Waals surface area (Å²) in [4.78, 5) is 3.89. The minimum absolute atomic E-state index is 0.0260. The monoisotopic (exact) mass is 316 g/mol. The molecule has 0 fully saturated rings. The van der Waals surface area contributed by atoms with E-state index >= 15 is 0 Å². The van der Waals surface area contributed by atoms with Gasteiger partial charge < -0.3 is 0 Å². The van der Waals surface area contributed by atoms with Crippen LogP contribution in [0.4, 0.5) is 0 Å². The third-order valence-corrected chi connectivity index (χ3v) is 6.74. The first kappa shape index (κ1) is 13.0. The van der Waals surface area contributed by atoms with Crippen LogP contribution in [0.25, 0.3) is 0 Å². The Bertz CT molecular complexity index is 526. The Kier molecular flexibility index (Phi) is 3.98. The topological polar surface area (TPSA) is 38.0 Å². The van der Waals surface area contributed by atoms with E-state index in [1.165, 1.54) is 27.5 Å². The number of rotatable bonds is 3. The molecule has 18 heavy (non-hydrogen) atoms. The number of thiophene rings is 2. The van der Waals surface area contributed by atoms with Gasteiger partial charge in [-0.2, -0.15) is 11.8 Å². The SMILES string of the molecule is NNC(c1cc2c(s1)CCSC2)c1sccc1Cl. The van der Waals surface area contributed by atoms with Crippen molar-refractivity contribution in [2.75, 3.05) is 5.75 Å². The summed E-state index contributed by atoms with van der Waals surface area (Å²) in [6.45, 7) is 0. The number of hydrogen-bond donors (Lipinski definition) is 2. The van der Waals surface area contributed by atoms with E-state index in [9.17, 15) is 0 Å². The van der Waals surface area contributed by atoms with Crippen LogP contribution in [0.2, 0.25) is 5.02 Å². The van der Waals surface area contributed by atoms with Gasteiger partial charge in [0.05, 0.1) is 11.1 Å². The van der Waals surface area contributed by atoms with E-state index in [1.54, 1.807) is 11.3 Å². The van der Waals surface area contributed by atoms with Gasteiger partial charge in [-0.25, -0.2) is 5.43 Å². The fourth-order valence-corrected chi connectivity index (χ4v) is 5.88. The van der Waals surface area contributed by atoms with Gasteiger partial charge in [0.25, 0.3) is 0 Å². The quantitative estimate of drug-likeness (QED) is 0.668. The van der Waals surface area contributed by atoms with Gasteiger partial charge in [-0.15, -0.1) is 22.7 Å². The molecular formula is C12H13ClN2S3. The van der Waals surface area contributed by atoms with Crippen LogP contribution in [0.3, 0.4) is 0 Å². The first-order valence-electron chi connectivity index (χ1n) is 5.68. The molecule has 1 aliphatic rings. The first-order chi connectivity index (χ1) is 8.79. The maximum Gasteiger partial charge on any atom is 0.0909 e. The number of hydrogen-bond acceptors (Lipinski definition) is 5. The molecule has 0 saturated carbocycles. The highest BCUT2D eigenvalue weighted by Gasteiger charge is 2.22. The van der Waals surface area contributed by atoms with Crippen LogP contribution in [0.15, 0.2) is 17.5 Å². The third kappa shape index (κ3) is 2.35. The third-order valence-electron chi connectivity index (χ3n) is 3.00. The van der Waals surface area contributed by atoms with Gasteiger partial charge in [0, 0.05) is 20.4 Å². The second kappa shape index (κ2) is 5.53. The van der Waals surface area contributed by atoms with Crippen molar-refractivity contribution >= 4 is 46.0 Å². The van der Waals surface area contributed by atoms with Gasteiger partial charge in [0.15, 0.2) is 0 Å². The van der Waals surface area contributed by atoms with E-state index in [1.807, 2.05) is 34.5 Å². The standard InChI is InChI=1S/C12H13ClN2S3/c13-8-1-4-17-12(8)11(15-14)10-5-7-6-16-3-2-9(7)18-10/h1,4-5,11,15H,2-3,6,14H2. The van der Waals surface area contributed by atoms with Crippen molar-refractivity contribution in [1.82, 2.24) is 5.43 Å². The molecule has 6 heteroatoms. The van der Waals surface area contributed by atoms with Crippen LogP contribution in [0, 0.1) is 0 Å². The van der Waals surface area contributed by atoms with Crippen molar-refractivity contribution in [2.24, 2.45) is 5.84 Å². The molecule has 1 atom stereocenters. The Hall–Kier alpha value is -0.0400. The zero-order valence-electron chi connectivity index (χ0n) is 9.61. The fraction of sp³-hybridized carbons (Fsp3) is 0.333. The van der Waals surface area contributed by atoms with Crippen molar-refractivity contribution in [1.29, 1.82) is 0 Å². The van der Waals surface area contributed by atoms with Gasteiger partial charge in [-0.1, -0.05) is 11.6 Å². The fourth-order valence-electron chi connectivity index (χ4n) is 2.11. The summed E-state index contributed by atoms with van der Waals surface area (Å²) in [5.41, 5.74) is 4.37. The Labute approximate surface area is 124 Å². The van der Waals surface area contributed by atoms with Crippen LogP contribution in [0.1, 0.15) is 26.2 Å². The minimum atomic E-state index is 0.0260. The summed E-state index contributed by atoms with van der Waals surface area (Å²) >= 11 is 11.7. The smallest absolute Gasteiger partial charge is 0.0909 e. The Morgan fingerprint density at radius 2 is 2.33 bits per heavy atom. The lowest BCUT2D eigenvalue weighted by molar-refractivity contribution is 0.656. The van der Waals surface area contributed by atoms with Crippen molar-refractivity contribution < 1.29 is 0 Å². The molecule has 0 amide bonds. The van der Waals surface area contributed by atoms with E-state index in [2.05, 4.69) is 11.5 Å². The molecule has 2 aromatic heterocycles. The van der Waals surface area contributed by atoms with E-state index in [0.29, 0.717) is 0 Å². The van der Waals surface area contributed by atoms with Gasteiger partial charge in [-0.05, 0) is 35.2 Å². The normalized spacial score (nSPS) is 16.6. The number of hydrazine groups is 1. The zero-order valence-corrected chi connectivity index (χ0v) is 12.8. The van der Waals surface area contributed by atoms with E-state index < -0.39 is 0 Å². The Morgan fingerprint density at radius 3 is 3.00 bits per heavy atom. The maximum absolute atomic E-state index is 6.21. The molecule has 0 aromatic carbocycles. The number of aryl methyl sites for hydroxylation is 1. The molecular weight excluding hydrogens is 304 g/mol. The van der Waals surface area contributed by atoms with Crippen LogP contribution >= 0.6 is 46.0 Å². The molecule has 2 aromatic rings. The number of halogens is 1. The predicted octanol–water partition coefficient (Wildman–Crippen LogP) is 3.81. The summed E-state index contributed by atoms with van der Waals surface area (Å²) < 4.78 is 0. The lowest BCUT2D eigenvalue weighted by Crippen LogP contribution is -2.27. The highest BCUT2D eigenvalue weighted by molar-refractivity contribution is 7.98. The van der Waals surface area contributed by atoms with E-state index in [-0.39, 0.29) is 6.04 Å². The highest BCUT2D eigenvalue weighted by atomic mass is 35.5. The second-order valence-corrected chi connectivity index (χ2v) is 7.76. The average molecular weight is 317 g/mol. The van der Waals surface area contributed by atoms with E-state index in [4.69, 9.17) is 17.4 Å². The van der Waals surface area contributed by atoms with Crippen LogP contribution in [0.5, 0.6) is 0 Å². The van der Waals surface area contributed by atoms with Gasteiger partial charge in [0.1, 0.15) is 0 Å². The van der Waals surface area contributed by atoms with Crippen molar-refractivity contribution in [3.05, 3.63) is 42.7 Å². The van der Waals surface area contributed by atoms with Gasteiger partial charge in [0.2, 0.25) is 0 Å². The minimum Gasteiger partial charge on any atom is -0.271 e. The summed E-state index contributed by atoms with van der Waals surface area (Å²) in [7, 11) is 0. The Morgan fingerprint density at radius 1 is 1.44 bits per heavy atom. The van der Waals surface area contributed by atoms with Crippen LogP contribution in [-0.2, 0) is 12.2 Å². The lowest BCUT2D eigenvalue weighted by atomic mass is 10.1. The summed E-state index contributed by atoms with van der Waals surface area (Å²) in [6.07, 6.45) is 1.18. The molecule has 96 valence electrons. The number of fused-ring (bicyclic) bond motifs is 1. The summed E-state index contributed by atoms with van der Waals surface area (Å²) in [5.74, 6) is 8.08. The highest BCUT2D eigenvalue weighted by Crippen LogP contribution is 2.39. The molecule has 2 nitrogen and oxygen atoms in total. The Balaban J connectivity index is 1.97. The molecule has 3 N–H and O–H groups in total. The maximum atomic E-state index is 6.21. The van der Waals surface area contributed by atoms with Gasteiger partial charge in [-0.3, -0.25) is 5.84 Å².